The molecule has 1 aromatic carbocycles. The van der Waals surface area contributed by atoms with Crippen LogP contribution in [0.25, 0.3) is 0 Å². The van der Waals surface area contributed by atoms with Gasteiger partial charge in [-0.1, -0.05) is 32.9 Å². The van der Waals surface area contributed by atoms with E-state index in [-0.39, 0.29) is 16.7 Å². The Morgan fingerprint density at radius 2 is 1.89 bits per heavy atom. The van der Waals surface area contributed by atoms with Crippen molar-refractivity contribution in [2.75, 3.05) is 0 Å². The lowest BCUT2D eigenvalue weighted by Crippen LogP contribution is -2.25. The summed E-state index contributed by atoms with van der Waals surface area (Å²) >= 11 is 0. The summed E-state index contributed by atoms with van der Waals surface area (Å²) in [7, 11) is 0. The lowest BCUT2D eigenvalue weighted by molar-refractivity contribution is -0.385. The second-order valence-electron chi connectivity index (χ2n) is 5.16. The van der Waals surface area contributed by atoms with E-state index in [2.05, 4.69) is 10.5 Å². The standard InChI is InChI=1S/C13H17N3O3/c1-9(13(2,3)4)14-15-12(17)10-7-5-6-8-11(10)16(18)19/h5-8H,1-4H3,(H,15,17)/b14-9+. The van der Waals surface area contributed by atoms with Crippen molar-refractivity contribution in [2.45, 2.75) is 27.7 Å². The molecule has 19 heavy (non-hydrogen) atoms. The monoisotopic (exact) mass is 263 g/mol. The zero-order valence-corrected chi connectivity index (χ0v) is 11.4. The van der Waals surface area contributed by atoms with Gasteiger partial charge >= 0.3 is 0 Å². The molecule has 0 aliphatic rings. The average Bonchev–Trinajstić information content (AvgIpc) is 2.34. The quantitative estimate of drug-likeness (QED) is 0.517. The van der Waals surface area contributed by atoms with E-state index in [0.717, 1.165) is 5.71 Å². The van der Waals surface area contributed by atoms with Crippen molar-refractivity contribution in [3.63, 3.8) is 0 Å². The number of nitro groups is 1. The number of nitrogens with one attached hydrogen (secondary N) is 1. The van der Waals surface area contributed by atoms with E-state index in [1.54, 1.807) is 13.0 Å². The fourth-order valence-corrected chi connectivity index (χ4v) is 1.19. The fraction of sp³-hybridized carbons (Fsp3) is 0.385. The summed E-state index contributed by atoms with van der Waals surface area (Å²) in [5.74, 6) is -0.587. The van der Waals surface area contributed by atoms with Crippen LogP contribution in [0.15, 0.2) is 29.4 Å². The molecule has 6 nitrogen and oxygen atoms in total. The van der Waals surface area contributed by atoms with Crippen molar-refractivity contribution in [3.8, 4) is 0 Å². The maximum atomic E-state index is 11.9. The van der Waals surface area contributed by atoms with Crippen LogP contribution in [0.2, 0.25) is 0 Å². The van der Waals surface area contributed by atoms with Gasteiger partial charge in [0.1, 0.15) is 5.56 Å². The van der Waals surface area contributed by atoms with Crippen molar-refractivity contribution >= 4 is 17.3 Å². The Hall–Kier alpha value is -2.24. The maximum absolute atomic E-state index is 11.9. The Kier molecular flexibility index (Phi) is 4.37. The Morgan fingerprint density at radius 3 is 2.42 bits per heavy atom. The van der Waals surface area contributed by atoms with E-state index >= 15 is 0 Å². The predicted molar refractivity (Wildman–Crippen MR) is 73.1 cm³/mol. The average molecular weight is 263 g/mol. The van der Waals surface area contributed by atoms with E-state index in [1.165, 1.54) is 18.2 Å². The number of rotatable bonds is 3. The molecule has 1 amide bonds. The number of hydrazone groups is 1. The SMILES string of the molecule is C/C(=N\NC(=O)c1ccccc1[N+](=O)[O-])C(C)(C)C. The van der Waals surface area contributed by atoms with Crippen LogP contribution in [0.1, 0.15) is 38.1 Å². The summed E-state index contributed by atoms with van der Waals surface area (Å²) in [6, 6.07) is 5.77. The second-order valence-corrected chi connectivity index (χ2v) is 5.16. The summed E-state index contributed by atoms with van der Waals surface area (Å²) in [5.41, 5.74) is 2.68. The van der Waals surface area contributed by atoms with Gasteiger partial charge in [0.05, 0.1) is 4.92 Å². The van der Waals surface area contributed by atoms with Gasteiger partial charge in [0.2, 0.25) is 0 Å². The number of para-hydroxylation sites is 1. The number of carbonyl (C=O) groups excluding carboxylic acids is 1. The lowest BCUT2D eigenvalue weighted by atomic mass is 9.91. The van der Waals surface area contributed by atoms with E-state index in [1.807, 2.05) is 20.8 Å². The molecule has 102 valence electrons. The minimum absolute atomic E-state index is 0.00189. The van der Waals surface area contributed by atoms with Crippen molar-refractivity contribution in [1.29, 1.82) is 0 Å². The lowest BCUT2D eigenvalue weighted by Gasteiger charge is -2.17. The summed E-state index contributed by atoms with van der Waals surface area (Å²) in [4.78, 5) is 22.1. The maximum Gasteiger partial charge on any atom is 0.282 e. The zero-order valence-electron chi connectivity index (χ0n) is 11.4. The number of carbonyl (C=O) groups is 1. The molecule has 0 saturated carbocycles. The van der Waals surface area contributed by atoms with Crippen molar-refractivity contribution in [3.05, 3.63) is 39.9 Å². The minimum atomic E-state index is -0.588. The molecular formula is C13H17N3O3. The molecule has 0 radical (unpaired) electrons. The van der Waals surface area contributed by atoms with Crippen LogP contribution in [0.4, 0.5) is 5.69 Å². The van der Waals surface area contributed by atoms with Gasteiger partial charge in [-0.2, -0.15) is 5.10 Å². The highest BCUT2D eigenvalue weighted by atomic mass is 16.6. The fourth-order valence-electron chi connectivity index (χ4n) is 1.19. The molecular weight excluding hydrogens is 246 g/mol. The number of benzene rings is 1. The Labute approximate surface area is 111 Å². The summed E-state index contributed by atoms with van der Waals surface area (Å²) < 4.78 is 0. The first-order chi connectivity index (χ1) is 8.73. The van der Waals surface area contributed by atoms with Crippen LogP contribution in [0.3, 0.4) is 0 Å². The number of nitro benzene ring substituents is 1. The van der Waals surface area contributed by atoms with Gasteiger partial charge < -0.3 is 0 Å². The van der Waals surface area contributed by atoms with Crippen LogP contribution < -0.4 is 5.43 Å². The van der Waals surface area contributed by atoms with E-state index in [0.29, 0.717) is 0 Å². The zero-order chi connectivity index (χ0) is 14.6. The third-order valence-corrected chi connectivity index (χ3v) is 2.76. The first-order valence-electron chi connectivity index (χ1n) is 5.82. The number of hydrogen-bond donors (Lipinski definition) is 1. The summed E-state index contributed by atoms with van der Waals surface area (Å²) in [5, 5.41) is 14.8. The normalized spacial score (nSPS) is 12.1. The minimum Gasteiger partial charge on any atom is -0.267 e. The molecule has 0 heterocycles. The third kappa shape index (κ3) is 3.87. The van der Waals surface area contributed by atoms with Crippen molar-refractivity contribution in [2.24, 2.45) is 10.5 Å². The van der Waals surface area contributed by atoms with Crippen molar-refractivity contribution < 1.29 is 9.72 Å². The van der Waals surface area contributed by atoms with Gasteiger partial charge in [0.15, 0.2) is 0 Å². The molecule has 0 aromatic heterocycles. The molecule has 0 aliphatic carbocycles. The van der Waals surface area contributed by atoms with E-state index in [4.69, 9.17) is 0 Å². The topological polar surface area (TPSA) is 84.6 Å². The van der Waals surface area contributed by atoms with Crippen LogP contribution in [0, 0.1) is 15.5 Å². The molecule has 0 aliphatic heterocycles. The third-order valence-electron chi connectivity index (χ3n) is 2.76. The van der Waals surface area contributed by atoms with Crippen LogP contribution in [0.5, 0.6) is 0 Å². The highest BCUT2D eigenvalue weighted by Gasteiger charge is 2.20. The van der Waals surface area contributed by atoms with E-state index < -0.39 is 10.8 Å². The molecule has 6 heteroatoms. The first-order valence-corrected chi connectivity index (χ1v) is 5.82. The Bertz CT molecular complexity index is 530. The molecule has 0 atom stereocenters. The molecule has 0 spiro atoms. The van der Waals surface area contributed by atoms with Crippen LogP contribution in [-0.2, 0) is 0 Å². The molecule has 0 fully saturated rings. The molecule has 1 aromatic rings. The highest BCUT2D eigenvalue weighted by Crippen LogP contribution is 2.18. The van der Waals surface area contributed by atoms with Crippen molar-refractivity contribution in [1.82, 2.24) is 5.43 Å². The summed E-state index contributed by atoms with van der Waals surface area (Å²) in [6.07, 6.45) is 0. The number of nitrogens with zero attached hydrogens (tertiary/aromatic N) is 2. The molecule has 0 bridgehead atoms. The molecule has 1 rings (SSSR count). The van der Waals surface area contributed by atoms with Gasteiger partial charge in [-0.25, -0.2) is 5.43 Å². The van der Waals surface area contributed by atoms with Gasteiger partial charge in [-0.15, -0.1) is 0 Å². The van der Waals surface area contributed by atoms with Gasteiger partial charge in [-0.3, -0.25) is 14.9 Å². The van der Waals surface area contributed by atoms with Gasteiger partial charge in [0, 0.05) is 17.2 Å². The van der Waals surface area contributed by atoms with E-state index in [9.17, 15) is 14.9 Å². The van der Waals surface area contributed by atoms with Crippen LogP contribution in [-0.4, -0.2) is 16.5 Å². The second kappa shape index (κ2) is 5.60. The highest BCUT2D eigenvalue weighted by molar-refractivity contribution is 5.99. The van der Waals surface area contributed by atoms with Gasteiger partial charge in [-0.05, 0) is 13.0 Å². The molecule has 0 unspecified atom stereocenters. The Morgan fingerprint density at radius 1 is 1.32 bits per heavy atom. The smallest absolute Gasteiger partial charge is 0.267 e. The molecule has 1 N–H and O–H groups in total. The largest absolute Gasteiger partial charge is 0.282 e. The number of amides is 1. The van der Waals surface area contributed by atoms with Gasteiger partial charge in [0.25, 0.3) is 11.6 Å². The molecule has 0 saturated heterocycles. The summed E-state index contributed by atoms with van der Waals surface area (Å²) in [6.45, 7) is 7.68. The number of hydrogen-bond acceptors (Lipinski definition) is 4. The Balaban J connectivity index is 2.95. The first kappa shape index (κ1) is 14.8. The van der Waals surface area contributed by atoms with Crippen LogP contribution >= 0.6 is 0 Å². The predicted octanol–water partition coefficient (Wildman–Crippen LogP) is 2.75.